The van der Waals surface area contributed by atoms with E-state index in [0.29, 0.717) is 13.1 Å². The number of piperazine rings is 1. The minimum atomic E-state index is -3.13. The van der Waals surface area contributed by atoms with Crippen LogP contribution < -0.4 is 0 Å². The van der Waals surface area contributed by atoms with Crippen molar-refractivity contribution >= 4 is 10.0 Å². The van der Waals surface area contributed by atoms with Crippen molar-refractivity contribution in [2.75, 3.05) is 26.2 Å². The van der Waals surface area contributed by atoms with Gasteiger partial charge in [0.1, 0.15) is 5.76 Å². The molecule has 0 N–H and O–H groups in total. The van der Waals surface area contributed by atoms with Crippen LogP contribution in [-0.4, -0.2) is 54.2 Å². The summed E-state index contributed by atoms with van der Waals surface area (Å²) in [6.07, 6.45) is 0. The molecule has 7 heteroatoms. The summed E-state index contributed by atoms with van der Waals surface area (Å²) >= 11 is 0. The van der Waals surface area contributed by atoms with Gasteiger partial charge in [0, 0.05) is 38.3 Å². The molecular formula is C13H23N3O3S. The maximum Gasteiger partial charge on any atom is 0.216 e. The maximum atomic E-state index is 12.1. The number of rotatable bonds is 4. The zero-order chi connectivity index (χ0) is 14.9. The van der Waals surface area contributed by atoms with Crippen LogP contribution in [0.3, 0.4) is 0 Å². The van der Waals surface area contributed by atoms with Crippen LogP contribution in [0.15, 0.2) is 4.52 Å². The van der Waals surface area contributed by atoms with Crippen LogP contribution in [0.5, 0.6) is 0 Å². The summed E-state index contributed by atoms with van der Waals surface area (Å²) in [6.45, 7) is 10.7. The smallest absolute Gasteiger partial charge is 0.216 e. The predicted molar refractivity (Wildman–Crippen MR) is 76.9 cm³/mol. The summed E-state index contributed by atoms with van der Waals surface area (Å²) in [7, 11) is -3.13. The van der Waals surface area contributed by atoms with E-state index in [2.05, 4.69) is 10.1 Å². The molecule has 2 heterocycles. The molecule has 0 aliphatic carbocycles. The molecule has 20 heavy (non-hydrogen) atoms. The van der Waals surface area contributed by atoms with E-state index in [-0.39, 0.29) is 5.25 Å². The van der Waals surface area contributed by atoms with Crippen molar-refractivity contribution in [3.8, 4) is 0 Å². The Morgan fingerprint density at radius 1 is 1.20 bits per heavy atom. The van der Waals surface area contributed by atoms with Crippen molar-refractivity contribution in [3.63, 3.8) is 0 Å². The van der Waals surface area contributed by atoms with E-state index in [1.54, 1.807) is 18.2 Å². The Morgan fingerprint density at radius 2 is 1.80 bits per heavy atom. The van der Waals surface area contributed by atoms with Crippen molar-refractivity contribution in [1.82, 2.24) is 14.4 Å². The van der Waals surface area contributed by atoms with Crippen LogP contribution in [-0.2, 0) is 16.6 Å². The molecule has 0 aromatic carbocycles. The number of sulfonamides is 1. The van der Waals surface area contributed by atoms with Crippen LogP contribution in [0.1, 0.15) is 30.9 Å². The van der Waals surface area contributed by atoms with E-state index < -0.39 is 10.0 Å². The highest BCUT2D eigenvalue weighted by Gasteiger charge is 2.29. The number of aromatic nitrogens is 1. The molecule has 0 bridgehead atoms. The monoisotopic (exact) mass is 301 g/mol. The highest BCUT2D eigenvalue weighted by molar-refractivity contribution is 7.89. The average molecular weight is 301 g/mol. The van der Waals surface area contributed by atoms with Gasteiger partial charge in [-0.05, 0) is 27.7 Å². The first kappa shape index (κ1) is 15.5. The van der Waals surface area contributed by atoms with E-state index in [1.807, 2.05) is 13.8 Å². The second kappa shape index (κ2) is 5.83. The van der Waals surface area contributed by atoms with Gasteiger partial charge in [0.25, 0.3) is 0 Å². The molecule has 1 aromatic rings. The summed E-state index contributed by atoms with van der Waals surface area (Å²) in [5.41, 5.74) is 2.03. The molecule has 2 rings (SSSR count). The molecule has 1 fully saturated rings. The normalized spacial score (nSPS) is 18.9. The Labute approximate surface area is 120 Å². The first-order valence-corrected chi connectivity index (χ1v) is 8.45. The highest BCUT2D eigenvalue weighted by Crippen LogP contribution is 2.18. The Balaban J connectivity index is 1.96. The van der Waals surface area contributed by atoms with E-state index in [1.165, 1.54) is 0 Å². The number of nitrogens with zero attached hydrogens (tertiary/aromatic N) is 3. The molecular weight excluding hydrogens is 278 g/mol. The van der Waals surface area contributed by atoms with Crippen LogP contribution in [0.25, 0.3) is 0 Å². The van der Waals surface area contributed by atoms with Crippen molar-refractivity contribution in [2.45, 2.75) is 39.5 Å². The predicted octanol–water partition coefficient (Wildman–Crippen LogP) is 1.15. The molecule has 6 nitrogen and oxygen atoms in total. The van der Waals surface area contributed by atoms with Gasteiger partial charge in [-0.25, -0.2) is 8.42 Å². The van der Waals surface area contributed by atoms with Crippen LogP contribution >= 0.6 is 0 Å². The van der Waals surface area contributed by atoms with Gasteiger partial charge in [-0.2, -0.15) is 4.31 Å². The van der Waals surface area contributed by atoms with Gasteiger partial charge in [-0.3, -0.25) is 4.90 Å². The fourth-order valence-electron chi connectivity index (χ4n) is 2.39. The molecule has 1 aliphatic heterocycles. The lowest BCUT2D eigenvalue weighted by atomic mass is 10.2. The van der Waals surface area contributed by atoms with Gasteiger partial charge in [-0.1, -0.05) is 5.16 Å². The molecule has 0 saturated carbocycles. The average Bonchev–Trinajstić information content (AvgIpc) is 2.71. The molecule has 0 spiro atoms. The Kier molecular flexibility index (Phi) is 4.51. The number of hydrogen-bond acceptors (Lipinski definition) is 5. The molecule has 0 atom stereocenters. The fraction of sp³-hybridized carbons (Fsp3) is 0.769. The second-order valence-electron chi connectivity index (χ2n) is 5.57. The topological polar surface area (TPSA) is 66.7 Å². The van der Waals surface area contributed by atoms with Crippen LogP contribution in [0.4, 0.5) is 0 Å². The van der Waals surface area contributed by atoms with E-state index >= 15 is 0 Å². The maximum absolute atomic E-state index is 12.1. The standard InChI is InChI=1S/C13H23N3O3S/c1-10(2)20(17,18)16-7-5-15(6-8-16)9-13-11(3)14-19-12(13)4/h10H,5-9H2,1-4H3. The molecule has 0 unspecified atom stereocenters. The first-order valence-electron chi connectivity index (χ1n) is 6.95. The van der Waals surface area contributed by atoms with Gasteiger partial charge in [0.05, 0.1) is 10.9 Å². The summed E-state index contributed by atoms with van der Waals surface area (Å²) in [4.78, 5) is 2.25. The lowest BCUT2D eigenvalue weighted by Crippen LogP contribution is -2.50. The molecule has 114 valence electrons. The van der Waals surface area contributed by atoms with Gasteiger partial charge in [0.15, 0.2) is 0 Å². The molecule has 0 radical (unpaired) electrons. The van der Waals surface area contributed by atoms with Crippen molar-refractivity contribution in [1.29, 1.82) is 0 Å². The van der Waals surface area contributed by atoms with Gasteiger partial charge >= 0.3 is 0 Å². The summed E-state index contributed by atoms with van der Waals surface area (Å²) in [6, 6.07) is 0. The van der Waals surface area contributed by atoms with Crippen LogP contribution in [0, 0.1) is 13.8 Å². The van der Waals surface area contributed by atoms with Crippen molar-refractivity contribution in [2.24, 2.45) is 0 Å². The third-order valence-electron chi connectivity index (χ3n) is 3.85. The van der Waals surface area contributed by atoms with E-state index in [0.717, 1.165) is 36.7 Å². The number of hydrogen-bond donors (Lipinski definition) is 0. The first-order chi connectivity index (χ1) is 9.32. The van der Waals surface area contributed by atoms with Crippen molar-refractivity contribution in [3.05, 3.63) is 17.0 Å². The summed E-state index contributed by atoms with van der Waals surface area (Å²) < 4.78 is 31.0. The SMILES string of the molecule is Cc1noc(C)c1CN1CCN(S(=O)(=O)C(C)C)CC1. The Hall–Kier alpha value is -0.920. The lowest BCUT2D eigenvalue weighted by Gasteiger charge is -2.34. The largest absolute Gasteiger partial charge is 0.361 e. The Morgan fingerprint density at radius 3 is 2.25 bits per heavy atom. The highest BCUT2D eigenvalue weighted by atomic mass is 32.2. The van der Waals surface area contributed by atoms with Gasteiger partial charge < -0.3 is 4.52 Å². The number of aryl methyl sites for hydroxylation is 2. The zero-order valence-corrected chi connectivity index (χ0v) is 13.4. The Bertz CT molecular complexity index is 538. The minimum Gasteiger partial charge on any atom is -0.361 e. The minimum absolute atomic E-state index is 0.350. The van der Waals surface area contributed by atoms with Crippen LogP contribution in [0.2, 0.25) is 0 Å². The lowest BCUT2D eigenvalue weighted by molar-refractivity contribution is 0.180. The summed E-state index contributed by atoms with van der Waals surface area (Å²) in [5, 5.41) is 3.60. The second-order valence-corrected chi connectivity index (χ2v) is 8.06. The quantitative estimate of drug-likeness (QED) is 0.834. The fourth-order valence-corrected chi connectivity index (χ4v) is 3.66. The summed E-state index contributed by atoms with van der Waals surface area (Å²) in [5.74, 6) is 0.847. The molecule has 0 amide bonds. The van der Waals surface area contributed by atoms with Gasteiger partial charge in [0.2, 0.25) is 10.0 Å². The van der Waals surface area contributed by atoms with E-state index in [4.69, 9.17) is 4.52 Å². The van der Waals surface area contributed by atoms with E-state index in [9.17, 15) is 8.42 Å². The molecule has 1 aromatic heterocycles. The van der Waals surface area contributed by atoms with Gasteiger partial charge in [-0.15, -0.1) is 0 Å². The zero-order valence-electron chi connectivity index (χ0n) is 12.6. The molecule has 1 aliphatic rings. The molecule has 1 saturated heterocycles. The third kappa shape index (κ3) is 3.05. The third-order valence-corrected chi connectivity index (χ3v) is 6.13. The van der Waals surface area contributed by atoms with Crippen molar-refractivity contribution < 1.29 is 12.9 Å².